The van der Waals surface area contributed by atoms with Gasteiger partial charge in [0.15, 0.2) is 0 Å². The van der Waals surface area contributed by atoms with Crippen molar-refractivity contribution in [3.8, 4) is 0 Å². The lowest BCUT2D eigenvalue weighted by atomic mass is 9.53. The van der Waals surface area contributed by atoms with E-state index in [4.69, 9.17) is 4.74 Å². The molecule has 1 heterocycles. The molecule has 0 aromatic heterocycles. The topological polar surface area (TPSA) is 50.7 Å². The maximum atomic E-state index is 13.0. The lowest BCUT2D eigenvalue weighted by molar-refractivity contribution is -0.234. The van der Waals surface area contributed by atoms with Crippen molar-refractivity contribution in [3.63, 3.8) is 0 Å². The molecule has 22 heavy (non-hydrogen) atoms. The van der Waals surface area contributed by atoms with Crippen molar-refractivity contribution in [3.05, 3.63) is 0 Å². The number of hydrogen-bond acceptors (Lipinski definition) is 3. The van der Waals surface area contributed by atoms with E-state index < -0.39 is 17.7 Å². The summed E-state index contributed by atoms with van der Waals surface area (Å²) in [5.41, 5.74) is -3.08. The van der Waals surface area contributed by atoms with E-state index in [1.165, 1.54) is 19.3 Å². The number of nitrogens with one attached hydrogen (secondary N) is 1. The van der Waals surface area contributed by atoms with Crippen LogP contribution in [0.1, 0.15) is 45.4 Å². The third kappa shape index (κ3) is 1.97. The first kappa shape index (κ1) is 14.3. The fourth-order valence-electron chi connectivity index (χ4n) is 5.18. The average molecular weight is 316 g/mol. The summed E-state index contributed by atoms with van der Waals surface area (Å²) in [4.78, 5) is 15.2. The largest absolute Gasteiger partial charge is 0.438 e. The maximum absolute atomic E-state index is 13.0. The SMILES string of the molecule is CC1(C(F)(F)F)OC(NC23CC4CC(CC(C4)C2)C3)=NC1=O. The molecule has 1 amide bonds. The number of hydrogen-bond donors (Lipinski definition) is 1. The molecule has 1 aliphatic heterocycles. The van der Waals surface area contributed by atoms with Crippen LogP contribution in [0.15, 0.2) is 4.99 Å². The zero-order valence-electron chi connectivity index (χ0n) is 12.4. The zero-order chi connectivity index (χ0) is 15.8. The molecule has 1 unspecified atom stereocenters. The van der Waals surface area contributed by atoms with E-state index in [0.29, 0.717) is 17.8 Å². The molecule has 4 nitrogen and oxygen atoms in total. The minimum absolute atomic E-state index is 0.231. The molecular weight excluding hydrogens is 297 g/mol. The molecule has 5 aliphatic rings. The maximum Gasteiger partial charge on any atom is 0.437 e. The molecule has 5 rings (SSSR count). The molecule has 4 fully saturated rings. The molecule has 7 heteroatoms. The molecule has 4 aliphatic carbocycles. The van der Waals surface area contributed by atoms with Crippen LogP contribution in [-0.2, 0) is 9.53 Å². The Hall–Kier alpha value is -1.27. The van der Waals surface area contributed by atoms with Crippen molar-refractivity contribution in [1.29, 1.82) is 0 Å². The van der Waals surface area contributed by atoms with Crippen LogP contribution in [0.2, 0.25) is 0 Å². The van der Waals surface area contributed by atoms with Gasteiger partial charge in [0.2, 0.25) is 0 Å². The third-order valence-corrected chi connectivity index (χ3v) is 5.86. The van der Waals surface area contributed by atoms with Gasteiger partial charge in [0.05, 0.1) is 0 Å². The second-order valence-electron chi connectivity index (χ2n) is 7.68. The first-order valence-corrected chi connectivity index (χ1v) is 7.86. The summed E-state index contributed by atoms with van der Waals surface area (Å²) in [7, 11) is 0. The van der Waals surface area contributed by atoms with Gasteiger partial charge < -0.3 is 10.1 Å². The van der Waals surface area contributed by atoms with Crippen LogP contribution in [0, 0.1) is 17.8 Å². The molecule has 1 atom stereocenters. The van der Waals surface area contributed by atoms with Crippen LogP contribution in [0.3, 0.4) is 0 Å². The van der Waals surface area contributed by atoms with Crippen LogP contribution >= 0.6 is 0 Å². The van der Waals surface area contributed by atoms with E-state index >= 15 is 0 Å². The highest BCUT2D eigenvalue weighted by Crippen LogP contribution is 2.55. The van der Waals surface area contributed by atoms with Crippen molar-refractivity contribution < 1.29 is 22.7 Å². The number of carbonyl (C=O) groups excluding carboxylic acids is 1. The Labute approximate surface area is 126 Å². The van der Waals surface area contributed by atoms with Gasteiger partial charge in [0.1, 0.15) is 0 Å². The lowest BCUT2D eigenvalue weighted by Crippen LogP contribution is -2.60. The highest BCUT2D eigenvalue weighted by Gasteiger charge is 2.63. The summed E-state index contributed by atoms with van der Waals surface area (Å²) >= 11 is 0. The van der Waals surface area contributed by atoms with Crippen molar-refractivity contribution in [2.75, 3.05) is 0 Å². The van der Waals surface area contributed by atoms with Gasteiger partial charge in [0.25, 0.3) is 11.6 Å². The average Bonchev–Trinajstić information content (AvgIpc) is 2.62. The Morgan fingerprint density at radius 3 is 2.05 bits per heavy atom. The van der Waals surface area contributed by atoms with E-state index in [0.717, 1.165) is 26.2 Å². The van der Waals surface area contributed by atoms with Crippen molar-refractivity contribution in [1.82, 2.24) is 5.32 Å². The minimum Gasteiger partial charge on any atom is -0.438 e. The molecule has 0 aromatic rings. The van der Waals surface area contributed by atoms with Crippen LogP contribution in [0.5, 0.6) is 0 Å². The van der Waals surface area contributed by atoms with Gasteiger partial charge in [-0.15, -0.1) is 0 Å². The van der Waals surface area contributed by atoms with Gasteiger partial charge in [-0.25, -0.2) is 0 Å². The Morgan fingerprint density at radius 1 is 1.14 bits per heavy atom. The molecule has 0 spiro atoms. The normalized spacial score (nSPS) is 46.6. The second kappa shape index (κ2) is 4.17. The van der Waals surface area contributed by atoms with Crippen LogP contribution < -0.4 is 5.32 Å². The number of alkyl halides is 3. The molecule has 1 N–H and O–H groups in total. The van der Waals surface area contributed by atoms with Crippen molar-refractivity contribution in [2.24, 2.45) is 22.7 Å². The molecular formula is C15H19F3N2O2. The zero-order valence-corrected chi connectivity index (χ0v) is 12.4. The monoisotopic (exact) mass is 316 g/mol. The Kier molecular flexibility index (Phi) is 2.72. The Morgan fingerprint density at radius 2 is 1.64 bits per heavy atom. The number of ether oxygens (including phenoxy) is 1. The predicted octanol–water partition coefficient (Wildman–Crippen LogP) is 2.78. The summed E-state index contributed by atoms with van der Waals surface area (Å²) in [6, 6.07) is -0.244. The van der Waals surface area contributed by atoms with Gasteiger partial charge in [0, 0.05) is 5.54 Å². The summed E-state index contributed by atoms with van der Waals surface area (Å²) in [6.45, 7) is 0.743. The number of nitrogens with zero attached hydrogens (tertiary/aromatic N) is 1. The Balaban J connectivity index is 1.53. The van der Waals surface area contributed by atoms with Gasteiger partial charge >= 0.3 is 12.1 Å². The number of carbonyl (C=O) groups is 1. The molecule has 0 saturated heterocycles. The summed E-state index contributed by atoms with van der Waals surface area (Å²) in [5, 5.41) is 3.09. The summed E-state index contributed by atoms with van der Waals surface area (Å²) < 4.78 is 44.0. The van der Waals surface area contributed by atoms with Gasteiger partial charge in [-0.1, -0.05) is 0 Å². The van der Waals surface area contributed by atoms with Crippen molar-refractivity contribution in [2.45, 2.75) is 62.8 Å². The first-order valence-electron chi connectivity index (χ1n) is 7.86. The van der Waals surface area contributed by atoms with Crippen LogP contribution in [0.25, 0.3) is 0 Å². The van der Waals surface area contributed by atoms with Gasteiger partial charge in [-0.3, -0.25) is 4.79 Å². The van der Waals surface area contributed by atoms with E-state index in [1.54, 1.807) is 0 Å². The number of halogens is 3. The number of amidine groups is 1. The summed E-state index contributed by atoms with van der Waals surface area (Å²) in [5.74, 6) is 0.661. The highest BCUT2D eigenvalue weighted by atomic mass is 19.4. The lowest BCUT2D eigenvalue weighted by Gasteiger charge is -2.56. The van der Waals surface area contributed by atoms with E-state index in [2.05, 4.69) is 10.3 Å². The quantitative estimate of drug-likeness (QED) is 0.809. The molecule has 4 bridgehead atoms. The number of rotatable bonds is 1. The van der Waals surface area contributed by atoms with Gasteiger partial charge in [-0.05, 0) is 63.2 Å². The fraction of sp³-hybridized carbons (Fsp3) is 0.867. The van der Waals surface area contributed by atoms with Crippen molar-refractivity contribution >= 4 is 11.9 Å². The molecule has 0 aromatic carbocycles. The van der Waals surface area contributed by atoms with E-state index in [-0.39, 0.29) is 11.6 Å². The van der Waals surface area contributed by atoms with Crippen LogP contribution in [-0.4, -0.2) is 29.2 Å². The molecule has 122 valence electrons. The first-order chi connectivity index (χ1) is 10.2. The second-order valence-corrected chi connectivity index (χ2v) is 7.68. The summed E-state index contributed by atoms with van der Waals surface area (Å²) in [6.07, 6.45) is 1.75. The number of amides is 1. The molecule has 4 saturated carbocycles. The smallest absolute Gasteiger partial charge is 0.437 e. The van der Waals surface area contributed by atoms with E-state index in [1.807, 2.05) is 0 Å². The third-order valence-electron chi connectivity index (χ3n) is 5.86. The minimum atomic E-state index is -4.77. The fourth-order valence-corrected chi connectivity index (χ4v) is 5.18. The predicted molar refractivity (Wildman–Crippen MR) is 72.0 cm³/mol. The number of aliphatic imine (C=N–C) groups is 1. The Bertz CT molecular complexity index is 522. The van der Waals surface area contributed by atoms with Gasteiger partial charge in [-0.2, -0.15) is 18.2 Å². The van der Waals surface area contributed by atoms with Crippen LogP contribution in [0.4, 0.5) is 13.2 Å². The van der Waals surface area contributed by atoms with E-state index in [9.17, 15) is 18.0 Å². The standard InChI is InChI=1S/C15H19F3N2O2/c1-13(15(16,17)18)11(21)19-12(22-13)20-14-5-8-2-9(6-14)4-10(3-8)7-14/h8-10H,2-7H2,1H3,(H,19,20,21). The molecule has 0 radical (unpaired) electrons. The highest BCUT2D eigenvalue weighted by molar-refractivity contribution is 6.01.